The van der Waals surface area contributed by atoms with Crippen molar-refractivity contribution < 1.29 is 9.59 Å². The highest BCUT2D eigenvalue weighted by molar-refractivity contribution is 6.09. The first kappa shape index (κ1) is 17.1. The Balaban J connectivity index is 1.64. The lowest BCUT2D eigenvalue weighted by atomic mass is 9.99. The summed E-state index contributed by atoms with van der Waals surface area (Å²) in [4.78, 5) is 25.3. The van der Waals surface area contributed by atoms with E-state index in [0.29, 0.717) is 11.1 Å². The van der Waals surface area contributed by atoms with Crippen LogP contribution in [-0.2, 0) is 0 Å². The Hall–Kier alpha value is -3.98. The zero-order valence-corrected chi connectivity index (χ0v) is 15.6. The molecule has 4 aromatic carbocycles. The standard InChI is InChI=1S/C26H17NO2/c28-15-17-1-5-19(6-2-17)21-9-11-25-23(13-21)24-14-22(10-12-26(24)27-25)20-7-3-18(16-29)4-8-20/h1-16,27H. The van der Waals surface area contributed by atoms with Gasteiger partial charge in [0.15, 0.2) is 0 Å². The van der Waals surface area contributed by atoms with Gasteiger partial charge in [0.25, 0.3) is 0 Å². The number of rotatable bonds is 4. The first-order valence-corrected chi connectivity index (χ1v) is 9.42. The normalized spacial score (nSPS) is 11.0. The molecule has 1 aromatic heterocycles. The van der Waals surface area contributed by atoms with Crippen molar-refractivity contribution in [2.24, 2.45) is 0 Å². The van der Waals surface area contributed by atoms with Gasteiger partial charge in [-0.2, -0.15) is 0 Å². The molecule has 0 radical (unpaired) electrons. The minimum Gasteiger partial charge on any atom is -0.355 e. The molecule has 3 heteroatoms. The highest BCUT2D eigenvalue weighted by atomic mass is 16.1. The summed E-state index contributed by atoms with van der Waals surface area (Å²) >= 11 is 0. The van der Waals surface area contributed by atoms with Crippen LogP contribution < -0.4 is 0 Å². The molecular weight excluding hydrogens is 358 g/mol. The largest absolute Gasteiger partial charge is 0.355 e. The first-order valence-electron chi connectivity index (χ1n) is 9.42. The van der Waals surface area contributed by atoms with E-state index in [0.717, 1.165) is 56.6 Å². The third-order valence-electron chi connectivity index (χ3n) is 5.36. The average molecular weight is 375 g/mol. The number of aromatic amines is 1. The molecule has 0 unspecified atom stereocenters. The number of hydrogen-bond acceptors (Lipinski definition) is 2. The van der Waals surface area contributed by atoms with Crippen LogP contribution in [0, 0.1) is 0 Å². The molecule has 0 saturated carbocycles. The van der Waals surface area contributed by atoms with Crippen LogP contribution in [0.5, 0.6) is 0 Å². The van der Waals surface area contributed by atoms with E-state index < -0.39 is 0 Å². The van der Waals surface area contributed by atoms with E-state index in [-0.39, 0.29) is 0 Å². The number of carbonyl (C=O) groups is 2. The Morgan fingerprint density at radius 1 is 0.483 bits per heavy atom. The summed E-state index contributed by atoms with van der Waals surface area (Å²) in [5, 5.41) is 2.31. The molecule has 0 atom stereocenters. The molecule has 0 aliphatic rings. The van der Waals surface area contributed by atoms with Crippen molar-refractivity contribution in [1.82, 2.24) is 4.98 Å². The predicted molar refractivity (Wildman–Crippen MR) is 117 cm³/mol. The van der Waals surface area contributed by atoms with E-state index in [1.54, 1.807) is 0 Å². The Kier molecular flexibility index (Phi) is 4.07. The number of aromatic nitrogens is 1. The predicted octanol–water partition coefficient (Wildman–Crippen LogP) is 6.28. The Morgan fingerprint density at radius 2 is 0.862 bits per heavy atom. The maximum Gasteiger partial charge on any atom is 0.150 e. The van der Waals surface area contributed by atoms with E-state index in [2.05, 4.69) is 41.4 Å². The van der Waals surface area contributed by atoms with E-state index >= 15 is 0 Å². The highest BCUT2D eigenvalue weighted by Gasteiger charge is 2.08. The summed E-state index contributed by atoms with van der Waals surface area (Å²) in [7, 11) is 0. The third kappa shape index (κ3) is 3.03. The monoisotopic (exact) mass is 375 g/mol. The molecule has 5 rings (SSSR count). The van der Waals surface area contributed by atoms with Gasteiger partial charge in [-0.1, -0.05) is 60.7 Å². The molecule has 0 saturated heterocycles. The van der Waals surface area contributed by atoms with Crippen LogP contribution >= 0.6 is 0 Å². The fourth-order valence-corrected chi connectivity index (χ4v) is 3.76. The third-order valence-corrected chi connectivity index (χ3v) is 5.36. The van der Waals surface area contributed by atoms with Crippen molar-refractivity contribution in [2.45, 2.75) is 0 Å². The summed E-state index contributed by atoms with van der Waals surface area (Å²) in [6.45, 7) is 0. The number of carbonyl (C=O) groups excluding carboxylic acids is 2. The van der Waals surface area contributed by atoms with E-state index in [4.69, 9.17) is 0 Å². The molecule has 0 fully saturated rings. The van der Waals surface area contributed by atoms with Gasteiger partial charge in [-0.05, 0) is 46.5 Å². The SMILES string of the molecule is O=Cc1ccc(-c2ccc3[nH]c4ccc(-c5ccc(C=O)cc5)cc4c3c2)cc1. The zero-order valence-electron chi connectivity index (χ0n) is 15.6. The molecule has 0 amide bonds. The van der Waals surface area contributed by atoms with E-state index in [1.165, 1.54) is 0 Å². The van der Waals surface area contributed by atoms with Crippen LogP contribution in [0.1, 0.15) is 20.7 Å². The first-order chi connectivity index (χ1) is 14.2. The van der Waals surface area contributed by atoms with Crippen molar-refractivity contribution in [3.8, 4) is 22.3 Å². The van der Waals surface area contributed by atoms with Crippen LogP contribution in [-0.4, -0.2) is 17.6 Å². The van der Waals surface area contributed by atoms with Crippen molar-refractivity contribution in [2.75, 3.05) is 0 Å². The maximum absolute atomic E-state index is 10.9. The molecule has 3 nitrogen and oxygen atoms in total. The molecule has 1 heterocycles. The van der Waals surface area contributed by atoms with Gasteiger partial charge in [-0.3, -0.25) is 9.59 Å². The maximum atomic E-state index is 10.9. The van der Waals surface area contributed by atoms with E-state index in [1.807, 2.05) is 48.5 Å². The van der Waals surface area contributed by atoms with Crippen molar-refractivity contribution in [1.29, 1.82) is 0 Å². The van der Waals surface area contributed by atoms with Crippen molar-refractivity contribution in [3.63, 3.8) is 0 Å². The van der Waals surface area contributed by atoms with Gasteiger partial charge in [0.1, 0.15) is 12.6 Å². The van der Waals surface area contributed by atoms with Crippen molar-refractivity contribution >= 4 is 34.4 Å². The molecule has 0 aliphatic carbocycles. The molecule has 0 bridgehead atoms. The number of fused-ring (bicyclic) bond motifs is 3. The highest BCUT2D eigenvalue weighted by Crippen LogP contribution is 2.33. The lowest BCUT2D eigenvalue weighted by Gasteiger charge is -2.04. The van der Waals surface area contributed by atoms with Crippen LogP contribution in [0.3, 0.4) is 0 Å². The zero-order chi connectivity index (χ0) is 19.8. The van der Waals surface area contributed by atoms with Crippen LogP contribution in [0.15, 0.2) is 84.9 Å². The Bertz CT molecular complexity index is 1250. The molecule has 0 aliphatic heterocycles. The minimum atomic E-state index is 0.673. The molecular formula is C26H17NO2. The van der Waals surface area contributed by atoms with Gasteiger partial charge in [0.2, 0.25) is 0 Å². The van der Waals surface area contributed by atoms with Gasteiger partial charge in [-0.15, -0.1) is 0 Å². The van der Waals surface area contributed by atoms with Crippen LogP contribution in [0.25, 0.3) is 44.1 Å². The number of benzene rings is 4. The Morgan fingerprint density at radius 3 is 1.24 bits per heavy atom. The second-order valence-corrected chi connectivity index (χ2v) is 7.13. The van der Waals surface area contributed by atoms with Gasteiger partial charge < -0.3 is 4.98 Å². The summed E-state index contributed by atoms with van der Waals surface area (Å²) < 4.78 is 0. The van der Waals surface area contributed by atoms with Gasteiger partial charge in [-0.25, -0.2) is 0 Å². The lowest BCUT2D eigenvalue weighted by Crippen LogP contribution is -1.82. The van der Waals surface area contributed by atoms with Gasteiger partial charge >= 0.3 is 0 Å². The molecule has 29 heavy (non-hydrogen) atoms. The average Bonchev–Trinajstić information content (AvgIpc) is 3.16. The van der Waals surface area contributed by atoms with Gasteiger partial charge in [0.05, 0.1) is 0 Å². The number of hydrogen-bond donors (Lipinski definition) is 1. The molecule has 5 aromatic rings. The molecule has 1 N–H and O–H groups in total. The number of H-pyrrole nitrogens is 1. The summed E-state index contributed by atoms with van der Waals surface area (Å²) in [6, 6.07) is 28.0. The second kappa shape index (κ2) is 6.88. The topological polar surface area (TPSA) is 49.9 Å². The van der Waals surface area contributed by atoms with Crippen LogP contribution in [0.2, 0.25) is 0 Å². The minimum absolute atomic E-state index is 0.673. The fraction of sp³-hybridized carbons (Fsp3) is 0. The smallest absolute Gasteiger partial charge is 0.150 e. The summed E-state index contributed by atoms with van der Waals surface area (Å²) in [5.41, 5.74) is 7.89. The lowest BCUT2D eigenvalue weighted by molar-refractivity contribution is 0.111. The number of nitrogens with one attached hydrogen (secondary N) is 1. The summed E-state index contributed by atoms with van der Waals surface area (Å²) in [6.07, 6.45) is 1.71. The summed E-state index contributed by atoms with van der Waals surface area (Å²) in [5.74, 6) is 0. The van der Waals surface area contributed by atoms with E-state index in [9.17, 15) is 9.59 Å². The van der Waals surface area contributed by atoms with Gasteiger partial charge in [0, 0.05) is 32.9 Å². The van der Waals surface area contributed by atoms with Crippen LogP contribution in [0.4, 0.5) is 0 Å². The van der Waals surface area contributed by atoms with Crippen molar-refractivity contribution in [3.05, 3.63) is 96.1 Å². The quantitative estimate of drug-likeness (QED) is 0.376. The molecule has 138 valence electrons. The number of aldehydes is 2. The molecule has 0 spiro atoms. The Labute approximate surface area is 167 Å². The second-order valence-electron chi connectivity index (χ2n) is 7.13. The fourth-order valence-electron chi connectivity index (χ4n) is 3.76.